The Morgan fingerprint density at radius 2 is 1.57 bits per heavy atom. The maximum atomic E-state index is 12.3. The summed E-state index contributed by atoms with van der Waals surface area (Å²) in [6.07, 6.45) is 6.06. The number of carbonyl (C=O) groups is 2. The van der Waals surface area contributed by atoms with Gasteiger partial charge in [-0.1, -0.05) is 42.3 Å². The first-order chi connectivity index (χ1) is 11.1. The Kier molecular flexibility index (Phi) is 3.99. The molecule has 0 spiro atoms. The van der Waals surface area contributed by atoms with E-state index in [2.05, 4.69) is 5.92 Å². The van der Waals surface area contributed by atoms with Gasteiger partial charge in [0, 0.05) is 12.5 Å². The molecule has 2 aromatic rings. The van der Waals surface area contributed by atoms with Crippen LogP contribution in [-0.4, -0.2) is 23.3 Å². The Morgan fingerprint density at radius 1 is 1.00 bits per heavy atom. The molecular formula is C20H17NO2. The highest BCUT2D eigenvalue weighted by molar-refractivity contribution is 6.21. The van der Waals surface area contributed by atoms with Crippen LogP contribution in [0.1, 0.15) is 44.7 Å². The van der Waals surface area contributed by atoms with Crippen molar-refractivity contribution in [1.82, 2.24) is 4.90 Å². The van der Waals surface area contributed by atoms with Crippen molar-refractivity contribution < 1.29 is 9.59 Å². The molecule has 3 heteroatoms. The number of hydrogen-bond acceptors (Lipinski definition) is 2. The number of hydrogen-bond donors (Lipinski definition) is 0. The number of terminal acetylenes is 1. The maximum Gasteiger partial charge on any atom is 0.261 e. The second-order valence-corrected chi connectivity index (χ2v) is 5.69. The van der Waals surface area contributed by atoms with E-state index in [1.165, 1.54) is 4.90 Å². The first-order valence-electron chi connectivity index (χ1n) is 7.62. The number of fused-ring (bicyclic) bond motifs is 1. The van der Waals surface area contributed by atoms with Gasteiger partial charge in [-0.05, 0) is 36.6 Å². The third-order valence-corrected chi connectivity index (χ3v) is 4.23. The highest BCUT2D eigenvalue weighted by atomic mass is 16.2. The lowest BCUT2D eigenvalue weighted by Crippen LogP contribution is -2.31. The molecule has 114 valence electrons. The number of nitrogens with zero attached hydrogens (tertiary/aromatic N) is 1. The van der Waals surface area contributed by atoms with Crippen molar-refractivity contribution >= 4 is 11.8 Å². The highest BCUT2D eigenvalue weighted by Gasteiger charge is 2.34. The minimum Gasteiger partial charge on any atom is -0.274 e. The molecule has 0 radical (unpaired) electrons. The van der Waals surface area contributed by atoms with E-state index >= 15 is 0 Å². The number of benzene rings is 2. The van der Waals surface area contributed by atoms with E-state index in [1.54, 1.807) is 24.3 Å². The molecule has 0 bridgehead atoms. The van der Waals surface area contributed by atoms with Gasteiger partial charge in [0.25, 0.3) is 11.8 Å². The van der Waals surface area contributed by atoms with Crippen LogP contribution in [-0.2, 0) is 6.42 Å². The maximum absolute atomic E-state index is 12.3. The second-order valence-electron chi connectivity index (χ2n) is 5.69. The van der Waals surface area contributed by atoms with E-state index in [4.69, 9.17) is 6.42 Å². The molecule has 0 aromatic heterocycles. The van der Waals surface area contributed by atoms with Crippen LogP contribution >= 0.6 is 0 Å². The van der Waals surface area contributed by atoms with Gasteiger partial charge in [0.1, 0.15) is 0 Å². The van der Waals surface area contributed by atoms with Crippen LogP contribution < -0.4 is 0 Å². The van der Waals surface area contributed by atoms with Gasteiger partial charge in [0.2, 0.25) is 0 Å². The average Bonchev–Trinajstić information content (AvgIpc) is 2.84. The van der Waals surface area contributed by atoms with Crippen LogP contribution in [0, 0.1) is 12.3 Å². The van der Waals surface area contributed by atoms with Gasteiger partial charge in [0.15, 0.2) is 0 Å². The van der Waals surface area contributed by atoms with E-state index in [1.807, 2.05) is 31.2 Å². The zero-order chi connectivity index (χ0) is 16.4. The molecule has 0 aliphatic carbocycles. The van der Waals surface area contributed by atoms with Gasteiger partial charge in [-0.2, -0.15) is 0 Å². The Bertz CT molecular complexity index is 764. The smallest absolute Gasteiger partial charge is 0.261 e. The monoisotopic (exact) mass is 303 g/mol. The summed E-state index contributed by atoms with van der Waals surface area (Å²) in [4.78, 5) is 25.9. The van der Waals surface area contributed by atoms with Crippen LogP contribution in [0.5, 0.6) is 0 Å². The minimum atomic E-state index is -0.205. The Hall–Kier alpha value is -2.86. The van der Waals surface area contributed by atoms with Crippen molar-refractivity contribution in [2.75, 3.05) is 6.54 Å². The van der Waals surface area contributed by atoms with Gasteiger partial charge in [-0.3, -0.25) is 14.5 Å². The van der Waals surface area contributed by atoms with Gasteiger partial charge >= 0.3 is 0 Å². The zero-order valence-electron chi connectivity index (χ0n) is 13.0. The summed E-state index contributed by atoms with van der Waals surface area (Å²) in [5.74, 6) is 2.37. The number of rotatable bonds is 4. The fourth-order valence-electron chi connectivity index (χ4n) is 2.75. The van der Waals surface area contributed by atoms with Crippen LogP contribution in [0.4, 0.5) is 0 Å². The third-order valence-electron chi connectivity index (χ3n) is 4.23. The standard InChI is InChI=1S/C20H17NO2/c1-3-14(2)16-10-8-15(9-11-16)12-13-21-19(22)17-6-4-5-7-18(17)20(21)23/h1,4-11,14H,12-13H2,2H3/t14-/m1/s1. The number of amides is 2. The van der Waals surface area contributed by atoms with Crippen LogP contribution in [0.15, 0.2) is 48.5 Å². The summed E-state index contributed by atoms with van der Waals surface area (Å²) in [5.41, 5.74) is 3.16. The van der Waals surface area contributed by atoms with Gasteiger partial charge in [0.05, 0.1) is 11.1 Å². The molecule has 1 atom stereocenters. The second kappa shape index (κ2) is 6.10. The Balaban J connectivity index is 1.69. The molecule has 0 unspecified atom stereocenters. The lowest BCUT2D eigenvalue weighted by molar-refractivity contribution is 0.0656. The normalized spacial score (nSPS) is 14.5. The molecule has 0 fully saturated rings. The van der Waals surface area contributed by atoms with E-state index < -0.39 is 0 Å². The van der Waals surface area contributed by atoms with Crippen molar-refractivity contribution in [3.63, 3.8) is 0 Å². The molecule has 0 N–H and O–H groups in total. The average molecular weight is 303 g/mol. The van der Waals surface area contributed by atoms with E-state index in [9.17, 15) is 9.59 Å². The topological polar surface area (TPSA) is 37.4 Å². The number of imide groups is 1. The molecule has 1 aliphatic heterocycles. The van der Waals surface area contributed by atoms with Crippen LogP contribution in [0.25, 0.3) is 0 Å². The summed E-state index contributed by atoms with van der Waals surface area (Å²) >= 11 is 0. The van der Waals surface area contributed by atoms with Crippen molar-refractivity contribution in [3.8, 4) is 12.3 Å². The van der Waals surface area contributed by atoms with Crippen molar-refractivity contribution in [2.24, 2.45) is 0 Å². The molecule has 0 saturated heterocycles. The van der Waals surface area contributed by atoms with Crippen LogP contribution in [0.3, 0.4) is 0 Å². The summed E-state index contributed by atoms with van der Waals surface area (Å²) in [5, 5.41) is 0. The van der Waals surface area contributed by atoms with Crippen molar-refractivity contribution in [1.29, 1.82) is 0 Å². The molecule has 1 aliphatic rings. The predicted octanol–water partition coefficient (Wildman–Crippen LogP) is 3.26. The SMILES string of the molecule is C#C[C@@H](C)c1ccc(CCN2C(=O)c3ccccc3C2=O)cc1. The van der Waals surface area contributed by atoms with Gasteiger partial charge < -0.3 is 0 Å². The molecule has 2 aromatic carbocycles. The zero-order valence-corrected chi connectivity index (χ0v) is 13.0. The fourth-order valence-corrected chi connectivity index (χ4v) is 2.75. The third kappa shape index (κ3) is 2.76. The van der Waals surface area contributed by atoms with E-state index in [-0.39, 0.29) is 17.7 Å². The highest BCUT2D eigenvalue weighted by Crippen LogP contribution is 2.23. The Morgan fingerprint density at radius 3 is 2.09 bits per heavy atom. The summed E-state index contributed by atoms with van der Waals surface area (Å²) < 4.78 is 0. The van der Waals surface area contributed by atoms with Crippen molar-refractivity contribution in [2.45, 2.75) is 19.3 Å². The van der Waals surface area contributed by atoms with Gasteiger partial charge in [-0.25, -0.2) is 0 Å². The van der Waals surface area contributed by atoms with Crippen LogP contribution in [0.2, 0.25) is 0 Å². The molecule has 1 heterocycles. The largest absolute Gasteiger partial charge is 0.274 e. The quantitative estimate of drug-likeness (QED) is 0.642. The minimum absolute atomic E-state index is 0.0836. The summed E-state index contributed by atoms with van der Waals surface area (Å²) in [6.45, 7) is 2.37. The molecule has 3 rings (SSSR count). The summed E-state index contributed by atoms with van der Waals surface area (Å²) in [6, 6.07) is 15.0. The van der Waals surface area contributed by atoms with Gasteiger partial charge in [-0.15, -0.1) is 6.42 Å². The predicted molar refractivity (Wildman–Crippen MR) is 89.2 cm³/mol. The lowest BCUT2D eigenvalue weighted by Gasteiger charge is -2.14. The Labute approximate surface area is 135 Å². The lowest BCUT2D eigenvalue weighted by atomic mass is 10.00. The first kappa shape index (κ1) is 15.1. The van der Waals surface area contributed by atoms with E-state index in [0.717, 1.165) is 11.1 Å². The van der Waals surface area contributed by atoms with Crippen molar-refractivity contribution in [3.05, 3.63) is 70.8 Å². The van der Waals surface area contributed by atoms with E-state index in [0.29, 0.717) is 24.1 Å². The number of carbonyl (C=O) groups excluding carboxylic acids is 2. The fraction of sp³-hybridized carbons (Fsp3) is 0.200. The molecule has 3 nitrogen and oxygen atoms in total. The molecular weight excluding hydrogens is 286 g/mol. The summed E-state index contributed by atoms with van der Waals surface area (Å²) in [7, 11) is 0. The molecule has 23 heavy (non-hydrogen) atoms. The first-order valence-corrected chi connectivity index (χ1v) is 7.62. The molecule has 0 saturated carbocycles. The molecule has 2 amide bonds.